The topological polar surface area (TPSA) is 75.2 Å². The number of rotatable bonds is 2. The van der Waals surface area contributed by atoms with E-state index >= 15 is 0 Å². The second-order valence-electron chi connectivity index (χ2n) is 5.40. The van der Waals surface area contributed by atoms with E-state index in [1.165, 1.54) is 0 Å². The van der Waals surface area contributed by atoms with Crippen molar-refractivity contribution in [2.75, 3.05) is 0 Å². The van der Waals surface area contributed by atoms with Crippen molar-refractivity contribution < 1.29 is 1.41 Å². The molecular formula is C17H11ClN6. The Morgan fingerprint density at radius 2 is 2.08 bits per heavy atom. The molecule has 0 aliphatic carbocycles. The van der Waals surface area contributed by atoms with Crippen molar-refractivity contribution in [3.63, 3.8) is 0 Å². The fourth-order valence-corrected chi connectivity index (χ4v) is 3.20. The van der Waals surface area contributed by atoms with Gasteiger partial charge in [-0.05, 0) is 18.2 Å². The van der Waals surface area contributed by atoms with Gasteiger partial charge in [-0.3, -0.25) is 9.66 Å². The van der Waals surface area contributed by atoms with Crippen molar-refractivity contribution in [2.45, 2.75) is 0 Å². The molecule has 24 heavy (non-hydrogen) atoms. The molecule has 0 unspecified atom stereocenters. The molecule has 0 spiro atoms. The molecule has 0 aliphatic heterocycles. The Labute approximate surface area is 142 Å². The number of imidazole rings is 1. The van der Waals surface area contributed by atoms with Gasteiger partial charge >= 0.3 is 0 Å². The Bertz CT molecular complexity index is 1230. The maximum absolute atomic E-state index is 7.70. The molecule has 0 saturated heterocycles. The van der Waals surface area contributed by atoms with Crippen LogP contribution in [0.1, 0.15) is 0 Å². The lowest BCUT2D eigenvalue weighted by Crippen LogP contribution is -1.97. The van der Waals surface area contributed by atoms with Gasteiger partial charge < -0.3 is 4.98 Å². The number of hydrogen-bond acceptors (Lipinski definition) is 3. The van der Waals surface area contributed by atoms with Crippen LogP contribution in [0.3, 0.4) is 0 Å². The summed E-state index contributed by atoms with van der Waals surface area (Å²) in [6, 6.07) is 9.52. The lowest BCUT2D eigenvalue weighted by molar-refractivity contribution is 1.09. The van der Waals surface area contributed by atoms with Crippen LogP contribution in [0.15, 0.2) is 55.1 Å². The molecule has 2 N–H and O–H groups in total. The molecule has 0 amide bonds. The fourth-order valence-electron chi connectivity index (χ4n) is 2.98. The van der Waals surface area contributed by atoms with Crippen molar-refractivity contribution in [1.29, 1.82) is 0 Å². The van der Waals surface area contributed by atoms with Gasteiger partial charge in [0.1, 0.15) is 17.0 Å². The Balaban J connectivity index is 1.96. The first kappa shape index (κ1) is 12.3. The molecule has 1 aromatic carbocycles. The average Bonchev–Trinajstić information content (AvgIpc) is 3.31. The summed E-state index contributed by atoms with van der Waals surface area (Å²) in [5, 5.41) is 6.56. The third-order valence-corrected chi connectivity index (χ3v) is 4.35. The summed E-state index contributed by atoms with van der Waals surface area (Å²) in [6.45, 7) is 0. The van der Waals surface area contributed by atoms with Crippen LogP contribution in [-0.2, 0) is 0 Å². The zero-order valence-corrected chi connectivity index (χ0v) is 13.1. The quantitative estimate of drug-likeness (QED) is 0.513. The number of hydrogen-bond donors (Lipinski definition) is 2. The number of fused-ring (bicyclic) bond motifs is 3. The van der Waals surface area contributed by atoms with Crippen LogP contribution in [0.4, 0.5) is 0 Å². The highest BCUT2D eigenvalue weighted by atomic mass is 35.5. The Kier molecular flexibility index (Phi) is 2.54. The summed E-state index contributed by atoms with van der Waals surface area (Å²) < 4.78 is 9.67. The SMILES string of the molecule is [2H]n1cc(-n2c(-c3ccccc3Cl)nc3cnc4[nH]ccc4c32)cn1. The second kappa shape index (κ2) is 4.94. The van der Waals surface area contributed by atoms with Gasteiger partial charge in [0.2, 0.25) is 0 Å². The number of benzene rings is 1. The van der Waals surface area contributed by atoms with E-state index in [0.29, 0.717) is 10.8 Å². The molecule has 5 aromatic rings. The number of nitrogens with zero attached hydrogens (tertiary/aromatic N) is 4. The highest BCUT2D eigenvalue weighted by Crippen LogP contribution is 2.34. The van der Waals surface area contributed by atoms with Crippen molar-refractivity contribution in [1.82, 2.24) is 29.7 Å². The Morgan fingerprint density at radius 3 is 2.92 bits per heavy atom. The van der Waals surface area contributed by atoms with Gasteiger partial charge in [0, 0.05) is 23.3 Å². The maximum Gasteiger partial charge on any atom is 0.189 e. The van der Waals surface area contributed by atoms with E-state index in [2.05, 4.69) is 15.1 Å². The Morgan fingerprint density at radius 1 is 1.17 bits per heavy atom. The van der Waals surface area contributed by atoms with E-state index in [1.54, 1.807) is 18.6 Å². The molecule has 0 aliphatic rings. The number of H-pyrrole nitrogens is 2. The van der Waals surface area contributed by atoms with Crippen LogP contribution in [-0.4, -0.2) is 29.7 Å². The van der Waals surface area contributed by atoms with E-state index in [9.17, 15) is 0 Å². The second-order valence-corrected chi connectivity index (χ2v) is 5.80. The molecule has 0 atom stereocenters. The van der Waals surface area contributed by atoms with Crippen LogP contribution in [0.5, 0.6) is 0 Å². The first-order valence-corrected chi connectivity index (χ1v) is 7.74. The highest BCUT2D eigenvalue weighted by Gasteiger charge is 2.19. The summed E-state index contributed by atoms with van der Waals surface area (Å²) in [6.07, 6.45) is 6.83. The predicted molar refractivity (Wildman–Crippen MR) is 93.3 cm³/mol. The lowest BCUT2D eigenvalue weighted by atomic mass is 10.2. The van der Waals surface area contributed by atoms with Gasteiger partial charge in [0.05, 0.1) is 28.6 Å². The molecule has 5 rings (SSSR count). The minimum absolute atomic E-state index is 0.607. The molecule has 116 valence electrons. The van der Waals surface area contributed by atoms with Gasteiger partial charge in [-0.15, -0.1) is 0 Å². The number of pyridine rings is 1. The smallest absolute Gasteiger partial charge is 0.189 e. The summed E-state index contributed by atoms with van der Waals surface area (Å²) in [5.41, 5.74) is 3.97. The first-order valence-electron chi connectivity index (χ1n) is 7.81. The largest absolute Gasteiger partial charge is 0.346 e. The fraction of sp³-hybridized carbons (Fsp3) is 0. The molecule has 0 fully saturated rings. The third kappa shape index (κ3) is 1.80. The van der Waals surface area contributed by atoms with Gasteiger partial charge in [0.25, 0.3) is 0 Å². The monoisotopic (exact) mass is 335 g/mol. The van der Waals surface area contributed by atoms with Gasteiger partial charge in [-0.2, -0.15) is 5.10 Å². The molecular weight excluding hydrogens is 324 g/mol. The molecule has 4 aromatic heterocycles. The predicted octanol–water partition coefficient (Wildman–Crippen LogP) is 3.95. The van der Waals surface area contributed by atoms with Crippen molar-refractivity contribution in [3.8, 4) is 17.1 Å². The van der Waals surface area contributed by atoms with E-state index < -0.39 is 0 Å². The number of halogens is 1. The Hall–Kier alpha value is -3.12. The molecule has 0 radical (unpaired) electrons. The lowest BCUT2D eigenvalue weighted by Gasteiger charge is -2.08. The summed E-state index contributed by atoms with van der Waals surface area (Å²) in [5.74, 6) is 0.684. The molecule has 6 nitrogen and oxygen atoms in total. The van der Waals surface area contributed by atoms with Gasteiger partial charge in [-0.1, -0.05) is 23.7 Å². The van der Waals surface area contributed by atoms with Crippen molar-refractivity contribution >= 4 is 33.7 Å². The first-order chi connectivity index (χ1) is 12.2. The molecule has 7 heteroatoms. The van der Waals surface area contributed by atoms with Crippen LogP contribution < -0.4 is 0 Å². The number of aromatic nitrogens is 6. The summed E-state index contributed by atoms with van der Waals surface area (Å²) >= 11 is 6.42. The normalized spacial score (nSPS) is 12.1. The van der Waals surface area contributed by atoms with Crippen LogP contribution in [0, 0.1) is 0 Å². The van der Waals surface area contributed by atoms with E-state index in [0.717, 1.165) is 38.4 Å². The van der Waals surface area contributed by atoms with E-state index in [4.69, 9.17) is 18.0 Å². The molecule has 0 bridgehead atoms. The standard InChI is InChI=1S/C17H11ClN6/c18-13-4-2-1-3-11(13)17-23-14-9-20-16-12(5-6-19-16)15(14)24(17)10-7-21-22-8-10/h1-9H,(H,19,20)(H,21,22)/i/hD. The van der Waals surface area contributed by atoms with Crippen molar-refractivity contribution in [3.05, 3.63) is 60.1 Å². The van der Waals surface area contributed by atoms with Crippen LogP contribution in [0.2, 0.25) is 6.43 Å². The zero-order valence-electron chi connectivity index (χ0n) is 13.3. The minimum atomic E-state index is 0.607. The number of aromatic amines is 2. The zero-order chi connectivity index (χ0) is 17.0. The van der Waals surface area contributed by atoms with E-state index in [-0.39, 0.29) is 0 Å². The number of nitrogens with one attached hydrogen (secondary N) is 2. The van der Waals surface area contributed by atoms with Crippen molar-refractivity contribution in [2.24, 2.45) is 0 Å². The maximum atomic E-state index is 7.70. The molecule has 4 heterocycles. The van der Waals surface area contributed by atoms with Crippen LogP contribution >= 0.6 is 11.6 Å². The summed E-state index contributed by atoms with van der Waals surface area (Å²) in [7, 11) is 0. The molecule has 0 saturated carbocycles. The van der Waals surface area contributed by atoms with E-state index in [1.807, 2.05) is 41.1 Å². The third-order valence-electron chi connectivity index (χ3n) is 4.02. The highest BCUT2D eigenvalue weighted by molar-refractivity contribution is 6.33. The van der Waals surface area contributed by atoms with Crippen LogP contribution in [0.25, 0.3) is 39.1 Å². The summed E-state index contributed by atoms with van der Waals surface area (Å²) in [4.78, 5) is 12.3. The van der Waals surface area contributed by atoms with Gasteiger partial charge in [0.15, 0.2) is 1.41 Å². The van der Waals surface area contributed by atoms with Gasteiger partial charge in [-0.25, -0.2) is 9.97 Å². The minimum Gasteiger partial charge on any atom is -0.346 e. The average molecular weight is 336 g/mol.